The number of carbonyl (C=O) groups excluding carboxylic acids is 1. The molecule has 126 valence electrons. The van der Waals surface area contributed by atoms with Crippen LogP contribution in [0.15, 0.2) is 60.7 Å². The number of hydrogen-bond donors (Lipinski definition) is 1. The van der Waals surface area contributed by atoms with Gasteiger partial charge < -0.3 is 10.6 Å². The molecular formula is C21H26N2O. The third-order valence-electron chi connectivity index (χ3n) is 5.23. The van der Waals surface area contributed by atoms with Crippen molar-refractivity contribution in [2.24, 2.45) is 11.7 Å². The van der Waals surface area contributed by atoms with Crippen LogP contribution in [0.4, 0.5) is 0 Å². The number of nitrogens with two attached hydrogens (primary N) is 1. The Balaban J connectivity index is 1.68. The summed E-state index contributed by atoms with van der Waals surface area (Å²) in [5, 5.41) is 0. The summed E-state index contributed by atoms with van der Waals surface area (Å²) in [5.41, 5.74) is 8.44. The van der Waals surface area contributed by atoms with Gasteiger partial charge in [-0.25, -0.2) is 0 Å². The molecule has 0 saturated heterocycles. The summed E-state index contributed by atoms with van der Waals surface area (Å²) in [6.45, 7) is 0. The van der Waals surface area contributed by atoms with E-state index in [1.54, 1.807) is 0 Å². The summed E-state index contributed by atoms with van der Waals surface area (Å²) >= 11 is 0. The highest BCUT2D eigenvalue weighted by atomic mass is 16.2. The first-order valence-electron chi connectivity index (χ1n) is 8.78. The quantitative estimate of drug-likeness (QED) is 0.915. The molecular weight excluding hydrogens is 296 g/mol. The number of amides is 1. The first kappa shape index (κ1) is 16.7. The molecule has 3 atom stereocenters. The highest BCUT2D eigenvalue weighted by molar-refractivity contribution is 5.83. The smallest absolute Gasteiger partial charge is 0.244 e. The molecule has 0 aromatic heterocycles. The summed E-state index contributed by atoms with van der Waals surface area (Å²) < 4.78 is 0. The number of likely N-dealkylation sites (N-methyl/N-ethyl adjacent to an activating group) is 1. The van der Waals surface area contributed by atoms with Crippen LogP contribution < -0.4 is 5.73 Å². The van der Waals surface area contributed by atoms with Gasteiger partial charge in [0.1, 0.15) is 6.04 Å². The summed E-state index contributed by atoms with van der Waals surface area (Å²) in [5.74, 6) is 0.537. The van der Waals surface area contributed by atoms with E-state index in [1.165, 1.54) is 18.4 Å². The Morgan fingerprint density at radius 3 is 2.38 bits per heavy atom. The number of nitrogens with zero attached hydrogens (tertiary/aromatic N) is 1. The van der Waals surface area contributed by atoms with Gasteiger partial charge >= 0.3 is 0 Å². The predicted octanol–water partition coefficient (Wildman–Crippen LogP) is 3.56. The van der Waals surface area contributed by atoms with Crippen LogP contribution in [0.25, 0.3) is 0 Å². The van der Waals surface area contributed by atoms with Crippen LogP contribution in [0, 0.1) is 5.92 Å². The van der Waals surface area contributed by atoms with Crippen molar-refractivity contribution in [3.05, 3.63) is 71.8 Å². The Labute approximate surface area is 144 Å². The Morgan fingerprint density at radius 2 is 1.71 bits per heavy atom. The zero-order valence-electron chi connectivity index (χ0n) is 14.3. The second-order valence-electron chi connectivity index (χ2n) is 6.79. The van der Waals surface area contributed by atoms with E-state index >= 15 is 0 Å². The predicted molar refractivity (Wildman–Crippen MR) is 97.4 cm³/mol. The van der Waals surface area contributed by atoms with Crippen LogP contribution in [-0.2, 0) is 11.2 Å². The molecule has 0 heterocycles. The van der Waals surface area contributed by atoms with Gasteiger partial charge in [0.2, 0.25) is 5.91 Å². The standard InChI is InChI=1S/C21H26N2O/c1-23(21(24)20(22)17-11-6-3-7-12-17)19-14-8-13-18(19)15-16-9-4-2-5-10-16/h2-7,9-12,18-20H,8,13-15,22H2,1H3/t18-,19+,20+/m0/s1. The third-order valence-corrected chi connectivity index (χ3v) is 5.23. The molecule has 1 aliphatic carbocycles. The van der Waals surface area contributed by atoms with Crippen molar-refractivity contribution in [2.75, 3.05) is 7.05 Å². The van der Waals surface area contributed by atoms with Crippen molar-refractivity contribution in [3.8, 4) is 0 Å². The van der Waals surface area contributed by atoms with Gasteiger partial charge in [-0.05, 0) is 36.3 Å². The molecule has 1 fully saturated rings. The topological polar surface area (TPSA) is 46.3 Å². The fourth-order valence-corrected chi connectivity index (χ4v) is 3.87. The van der Waals surface area contributed by atoms with E-state index in [-0.39, 0.29) is 11.9 Å². The van der Waals surface area contributed by atoms with Crippen LogP contribution in [0.2, 0.25) is 0 Å². The molecule has 1 amide bonds. The van der Waals surface area contributed by atoms with E-state index in [2.05, 4.69) is 24.3 Å². The zero-order chi connectivity index (χ0) is 16.9. The summed E-state index contributed by atoms with van der Waals surface area (Å²) in [4.78, 5) is 14.7. The van der Waals surface area contributed by atoms with Crippen LogP contribution >= 0.6 is 0 Å². The lowest BCUT2D eigenvalue weighted by Crippen LogP contribution is -2.44. The van der Waals surface area contributed by atoms with Crippen LogP contribution in [0.3, 0.4) is 0 Å². The Bertz CT molecular complexity index is 656. The molecule has 3 nitrogen and oxygen atoms in total. The number of benzene rings is 2. The highest BCUT2D eigenvalue weighted by Crippen LogP contribution is 2.33. The minimum absolute atomic E-state index is 0.0196. The average molecular weight is 322 g/mol. The van der Waals surface area contributed by atoms with Crippen LogP contribution in [0.1, 0.15) is 36.4 Å². The minimum Gasteiger partial charge on any atom is -0.341 e. The first-order chi connectivity index (χ1) is 11.7. The molecule has 2 N–H and O–H groups in total. The summed E-state index contributed by atoms with van der Waals surface area (Å²) in [6.07, 6.45) is 4.46. The van der Waals surface area contributed by atoms with Crippen molar-refractivity contribution < 1.29 is 4.79 Å². The lowest BCUT2D eigenvalue weighted by molar-refractivity contribution is -0.134. The monoisotopic (exact) mass is 322 g/mol. The second kappa shape index (κ2) is 7.63. The van der Waals surface area contributed by atoms with Crippen molar-refractivity contribution in [3.63, 3.8) is 0 Å². The van der Waals surface area contributed by atoms with Gasteiger partial charge in [-0.2, -0.15) is 0 Å². The summed E-state index contributed by atoms with van der Waals surface area (Å²) in [6, 6.07) is 19.9. The Hall–Kier alpha value is -2.13. The molecule has 24 heavy (non-hydrogen) atoms. The van der Waals surface area contributed by atoms with Gasteiger partial charge in [-0.3, -0.25) is 4.79 Å². The van der Waals surface area contributed by atoms with Crippen molar-refractivity contribution in [1.29, 1.82) is 0 Å². The van der Waals surface area contributed by atoms with E-state index in [9.17, 15) is 4.79 Å². The maximum atomic E-state index is 12.8. The van der Waals surface area contributed by atoms with Gasteiger partial charge in [0.05, 0.1) is 0 Å². The van der Waals surface area contributed by atoms with Crippen molar-refractivity contribution in [2.45, 2.75) is 37.8 Å². The van der Waals surface area contributed by atoms with Crippen molar-refractivity contribution >= 4 is 5.91 Å². The van der Waals surface area contributed by atoms with E-state index in [0.29, 0.717) is 5.92 Å². The fraction of sp³-hybridized carbons (Fsp3) is 0.381. The van der Waals surface area contributed by atoms with E-state index in [1.807, 2.05) is 48.3 Å². The maximum Gasteiger partial charge on any atom is 0.244 e. The van der Waals surface area contributed by atoms with E-state index < -0.39 is 6.04 Å². The maximum absolute atomic E-state index is 12.8. The molecule has 3 rings (SSSR count). The Morgan fingerprint density at radius 1 is 1.08 bits per heavy atom. The molecule has 1 saturated carbocycles. The molecule has 0 bridgehead atoms. The van der Waals surface area contributed by atoms with Crippen LogP contribution in [-0.4, -0.2) is 23.9 Å². The molecule has 0 radical (unpaired) electrons. The molecule has 0 spiro atoms. The normalized spacial score (nSPS) is 21.4. The van der Waals surface area contributed by atoms with Gasteiger partial charge in [-0.15, -0.1) is 0 Å². The SMILES string of the molecule is CN(C(=O)[C@H](N)c1ccccc1)[C@@H]1CCC[C@H]1Cc1ccccc1. The third kappa shape index (κ3) is 3.68. The lowest BCUT2D eigenvalue weighted by Gasteiger charge is -2.32. The first-order valence-corrected chi connectivity index (χ1v) is 8.78. The zero-order valence-corrected chi connectivity index (χ0v) is 14.3. The fourth-order valence-electron chi connectivity index (χ4n) is 3.87. The largest absolute Gasteiger partial charge is 0.341 e. The average Bonchev–Trinajstić information content (AvgIpc) is 3.09. The van der Waals surface area contributed by atoms with E-state index in [4.69, 9.17) is 5.73 Å². The lowest BCUT2D eigenvalue weighted by atomic mass is 9.93. The molecule has 0 unspecified atom stereocenters. The van der Waals surface area contributed by atoms with Gasteiger partial charge in [0.15, 0.2) is 0 Å². The van der Waals surface area contributed by atoms with Gasteiger partial charge in [0, 0.05) is 13.1 Å². The molecule has 1 aliphatic rings. The number of hydrogen-bond acceptors (Lipinski definition) is 2. The van der Waals surface area contributed by atoms with Gasteiger partial charge in [-0.1, -0.05) is 67.1 Å². The molecule has 0 aliphatic heterocycles. The number of rotatable bonds is 5. The van der Waals surface area contributed by atoms with Gasteiger partial charge in [0.25, 0.3) is 0 Å². The van der Waals surface area contributed by atoms with Crippen LogP contribution in [0.5, 0.6) is 0 Å². The summed E-state index contributed by atoms with van der Waals surface area (Å²) in [7, 11) is 1.92. The molecule has 2 aromatic carbocycles. The number of carbonyl (C=O) groups is 1. The highest BCUT2D eigenvalue weighted by Gasteiger charge is 2.34. The molecule has 3 heteroatoms. The second-order valence-corrected chi connectivity index (χ2v) is 6.79. The Kier molecular flexibility index (Phi) is 5.31. The molecule has 2 aromatic rings. The van der Waals surface area contributed by atoms with Crippen molar-refractivity contribution in [1.82, 2.24) is 4.90 Å². The minimum atomic E-state index is -0.575. The van der Waals surface area contributed by atoms with E-state index in [0.717, 1.165) is 18.4 Å².